The van der Waals surface area contributed by atoms with Gasteiger partial charge in [-0.25, -0.2) is 9.59 Å². The molecule has 2 rings (SSSR count). The molecule has 23 heavy (non-hydrogen) atoms. The summed E-state index contributed by atoms with van der Waals surface area (Å²) in [5.41, 5.74) is 1.24. The van der Waals surface area contributed by atoms with Gasteiger partial charge >= 0.3 is 11.9 Å². The molecule has 0 bridgehead atoms. The summed E-state index contributed by atoms with van der Waals surface area (Å²) in [6.07, 6.45) is 2.47. The number of methoxy groups -OCH3 is 1. The highest BCUT2D eigenvalue weighted by atomic mass is 35.5. The van der Waals surface area contributed by atoms with Gasteiger partial charge in [0.2, 0.25) is 0 Å². The lowest BCUT2D eigenvalue weighted by atomic mass is 9.97. The zero-order valence-corrected chi connectivity index (χ0v) is 13.8. The molecule has 0 saturated carbocycles. The van der Waals surface area contributed by atoms with Crippen LogP contribution in [-0.2, 0) is 20.9 Å². The van der Waals surface area contributed by atoms with Crippen molar-refractivity contribution >= 4 is 23.5 Å². The van der Waals surface area contributed by atoms with Gasteiger partial charge in [0.25, 0.3) is 0 Å². The summed E-state index contributed by atoms with van der Waals surface area (Å²) >= 11 is 6.18. The van der Waals surface area contributed by atoms with Crippen LogP contribution in [0.3, 0.4) is 0 Å². The molecule has 0 aliphatic carbocycles. The van der Waals surface area contributed by atoms with E-state index in [4.69, 9.17) is 36.1 Å². The fourth-order valence-corrected chi connectivity index (χ4v) is 2.61. The van der Waals surface area contributed by atoms with Crippen LogP contribution in [0, 0.1) is 5.92 Å². The first kappa shape index (κ1) is 19.4. The molecule has 1 saturated heterocycles. The van der Waals surface area contributed by atoms with Gasteiger partial charge in [-0.05, 0) is 43.5 Å². The van der Waals surface area contributed by atoms with Crippen molar-refractivity contribution < 1.29 is 24.5 Å². The van der Waals surface area contributed by atoms with Crippen LogP contribution in [0.2, 0.25) is 5.02 Å². The minimum absolute atomic E-state index is 0.738. The fraction of sp³-hybridized carbons (Fsp3) is 0.500. The van der Waals surface area contributed by atoms with Crippen LogP contribution in [0.5, 0.6) is 0 Å². The van der Waals surface area contributed by atoms with Crippen LogP contribution < -0.4 is 0 Å². The first-order chi connectivity index (χ1) is 10.9. The summed E-state index contributed by atoms with van der Waals surface area (Å²) < 4.78 is 5.21. The average molecular weight is 344 g/mol. The Morgan fingerprint density at radius 3 is 2.26 bits per heavy atom. The zero-order valence-electron chi connectivity index (χ0n) is 13.1. The molecule has 0 atom stereocenters. The van der Waals surface area contributed by atoms with Crippen molar-refractivity contribution in [3.8, 4) is 0 Å². The number of aliphatic carboxylic acids is 2. The second kappa shape index (κ2) is 10.2. The lowest BCUT2D eigenvalue weighted by Crippen LogP contribution is -2.34. The first-order valence-corrected chi connectivity index (χ1v) is 7.72. The minimum atomic E-state index is -1.82. The summed E-state index contributed by atoms with van der Waals surface area (Å²) in [4.78, 5) is 20.7. The Morgan fingerprint density at radius 2 is 1.78 bits per heavy atom. The third kappa shape index (κ3) is 7.45. The number of carboxylic acid groups (broad SMARTS) is 2. The lowest BCUT2D eigenvalue weighted by molar-refractivity contribution is -0.159. The van der Waals surface area contributed by atoms with Gasteiger partial charge in [-0.1, -0.05) is 29.8 Å². The van der Waals surface area contributed by atoms with Crippen molar-refractivity contribution in [1.82, 2.24) is 4.90 Å². The van der Waals surface area contributed by atoms with Crippen LogP contribution in [-0.4, -0.2) is 53.9 Å². The third-order valence-electron chi connectivity index (χ3n) is 3.64. The molecular weight excluding hydrogens is 322 g/mol. The van der Waals surface area contributed by atoms with E-state index in [1.807, 2.05) is 12.1 Å². The molecule has 1 aromatic rings. The third-order valence-corrected chi connectivity index (χ3v) is 4.01. The number of likely N-dealkylation sites (tertiary alicyclic amines) is 1. The van der Waals surface area contributed by atoms with Gasteiger partial charge in [0, 0.05) is 25.3 Å². The van der Waals surface area contributed by atoms with Gasteiger partial charge in [0.15, 0.2) is 0 Å². The predicted molar refractivity (Wildman–Crippen MR) is 86.6 cm³/mol. The number of carboxylic acids is 2. The topological polar surface area (TPSA) is 87.1 Å². The van der Waals surface area contributed by atoms with Crippen LogP contribution in [0.15, 0.2) is 24.3 Å². The Hall–Kier alpha value is -1.63. The van der Waals surface area contributed by atoms with Crippen molar-refractivity contribution in [3.63, 3.8) is 0 Å². The van der Waals surface area contributed by atoms with E-state index in [-0.39, 0.29) is 0 Å². The predicted octanol–water partition coefficient (Wildman–Crippen LogP) is 2.35. The van der Waals surface area contributed by atoms with Crippen molar-refractivity contribution in [2.45, 2.75) is 19.4 Å². The second-order valence-electron chi connectivity index (χ2n) is 5.38. The largest absolute Gasteiger partial charge is 0.473 e. The summed E-state index contributed by atoms with van der Waals surface area (Å²) in [6.45, 7) is 4.18. The molecule has 1 aliphatic heterocycles. The monoisotopic (exact) mass is 343 g/mol. The maximum atomic E-state index is 9.10. The lowest BCUT2D eigenvalue weighted by Gasteiger charge is -2.31. The summed E-state index contributed by atoms with van der Waals surface area (Å²) in [7, 11) is 1.79. The number of hydrogen-bond donors (Lipinski definition) is 2. The van der Waals surface area contributed by atoms with E-state index in [1.165, 1.54) is 18.4 Å². The number of piperidine rings is 1. The molecular formula is C16H22ClNO5. The van der Waals surface area contributed by atoms with Gasteiger partial charge < -0.3 is 14.9 Å². The van der Waals surface area contributed by atoms with Gasteiger partial charge in [-0.3, -0.25) is 4.90 Å². The average Bonchev–Trinajstić information content (AvgIpc) is 2.52. The Morgan fingerprint density at radius 1 is 1.22 bits per heavy atom. The minimum Gasteiger partial charge on any atom is -0.473 e. The highest BCUT2D eigenvalue weighted by Gasteiger charge is 2.19. The number of ether oxygens (including phenoxy) is 1. The van der Waals surface area contributed by atoms with E-state index in [0.29, 0.717) is 0 Å². The highest BCUT2D eigenvalue weighted by molar-refractivity contribution is 6.31. The van der Waals surface area contributed by atoms with E-state index < -0.39 is 11.9 Å². The van der Waals surface area contributed by atoms with Crippen LogP contribution in [0.25, 0.3) is 0 Å². The highest BCUT2D eigenvalue weighted by Crippen LogP contribution is 2.22. The molecule has 1 fully saturated rings. The van der Waals surface area contributed by atoms with E-state index >= 15 is 0 Å². The van der Waals surface area contributed by atoms with Crippen LogP contribution >= 0.6 is 11.6 Å². The van der Waals surface area contributed by atoms with Gasteiger partial charge in [0.05, 0.1) is 0 Å². The number of nitrogens with zero attached hydrogens (tertiary/aromatic N) is 1. The van der Waals surface area contributed by atoms with Gasteiger partial charge in [-0.2, -0.15) is 0 Å². The maximum Gasteiger partial charge on any atom is 0.414 e. The van der Waals surface area contributed by atoms with Crippen LogP contribution in [0.4, 0.5) is 0 Å². The molecule has 0 aromatic heterocycles. The van der Waals surface area contributed by atoms with Crippen LogP contribution in [0.1, 0.15) is 18.4 Å². The molecule has 1 aliphatic rings. The quantitative estimate of drug-likeness (QED) is 0.816. The van der Waals surface area contributed by atoms with E-state index in [9.17, 15) is 0 Å². The number of halogens is 1. The van der Waals surface area contributed by atoms with Gasteiger partial charge in [0.1, 0.15) is 0 Å². The molecule has 128 valence electrons. The van der Waals surface area contributed by atoms with E-state index in [1.54, 1.807) is 7.11 Å². The van der Waals surface area contributed by atoms with Crippen molar-refractivity contribution in [2.75, 3.05) is 26.8 Å². The van der Waals surface area contributed by atoms with Gasteiger partial charge in [-0.15, -0.1) is 0 Å². The standard InChI is InChI=1S/C14H20ClNO.C2H2O4/c1-17-11-12-6-8-16(9-7-12)10-13-4-2-3-5-14(13)15;3-1(4)2(5)6/h2-5,12H,6-11H2,1H3;(H,3,4)(H,5,6). The number of benzene rings is 1. The molecule has 0 spiro atoms. The molecule has 7 heteroatoms. The summed E-state index contributed by atoms with van der Waals surface area (Å²) in [6, 6.07) is 8.12. The molecule has 0 radical (unpaired) electrons. The molecule has 0 amide bonds. The fourth-order valence-electron chi connectivity index (χ4n) is 2.41. The Kier molecular flexibility index (Phi) is 8.61. The first-order valence-electron chi connectivity index (χ1n) is 7.35. The number of carbonyl (C=O) groups is 2. The summed E-state index contributed by atoms with van der Waals surface area (Å²) in [5, 5.41) is 15.7. The Bertz CT molecular complexity index is 503. The normalized spacial score (nSPS) is 15.6. The van der Waals surface area contributed by atoms with Crippen molar-refractivity contribution in [2.24, 2.45) is 5.92 Å². The second-order valence-corrected chi connectivity index (χ2v) is 5.78. The SMILES string of the molecule is COCC1CCN(Cc2ccccc2Cl)CC1.O=C(O)C(=O)O. The number of rotatable bonds is 4. The smallest absolute Gasteiger partial charge is 0.414 e. The molecule has 1 heterocycles. The zero-order chi connectivity index (χ0) is 17.2. The molecule has 1 aromatic carbocycles. The molecule has 2 N–H and O–H groups in total. The Balaban J connectivity index is 0.000000379. The Labute approximate surface area is 140 Å². The van der Waals surface area contributed by atoms with E-state index in [2.05, 4.69) is 17.0 Å². The molecule has 6 nitrogen and oxygen atoms in total. The van der Waals surface area contributed by atoms with Crippen molar-refractivity contribution in [1.29, 1.82) is 0 Å². The molecule has 0 unspecified atom stereocenters. The number of hydrogen-bond acceptors (Lipinski definition) is 4. The maximum absolute atomic E-state index is 9.10. The van der Waals surface area contributed by atoms with E-state index in [0.717, 1.165) is 37.2 Å². The van der Waals surface area contributed by atoms with Crippen molar-refractivity contribution in [3.05, 3.63) is 34.9 Å². The summed E-state index contributed by atoms with van der Waals surface area (Å²) in [5.74, 6) is -2.91.